The Morgan fingerprint density at radius 3 is 3.00 bits per heavy atom. The van der Waals surface area contributed by atoms with Gasteiger partial charge in [0.15, 0.2) is 0 Å². The lowest BCUT2D eigenvalue weighted by Crippen LogP contribution is -2.02. The molecule has 72 valence electrons. The molecule has 0 unspecified atom stereocenters. The van der Waals surface area contributed by atoms with Crippen LogP contribution in [0.25, 0.3) is 0 Å². The molecule has 2 aromatic rings. The highest BCUT2D eigenvalue weighted by Gasteiger charge is 2.01. The van der Waals surface area contributed by atoms with Crippen LogP contribution in [0.4, 0.5) is 4.39 Å². The fourth-order valence-electron chi connectivity index (χ4n) is 1.14. The first-order valence-electron chi connectivity index (χ1n) is 4.21. The maximum absolute atomic E-state index is 13.1. The number of hydrogen-bond donors (Lipinski definition) is 0. The molecule has 0 atom stereocenters. The van der Waals surface area contributed by atoms with Gasteiger partial charge >= 0.3 is 0 Å². The lowest BCUT2D eigenvalue weighted by atomic mass is 10.2. The first-order valence-corrected chi connectivity index (χ1v) is 4.21. The van der Waals surface area contributed by atoms with Crippen molar-refractivity contribution in [2.75, 3.05) is 0 Å². The molecule has 0 bridgehead atoms. The quantitative estimate of drug-likeness (QED) is 0.717. The molecular weight excluding hydrogens is 183 g/mol. The zero-order valence-corrected chi connectivity index (χ0v) is 7.68. The number of pyridine rings is 1. The lowest BCUT2D eigenvalue weighted by molar-refractivity contribution is 0.597. The Morgan fingerprint density at radius 2 is 2.36 bits per heavy atom. The summed E-state index contributed by atoms with van der Waals surface area (Å²) in [7, 11) is 0. The van der Waals surface area contributed by atoms with Gasteiger partial charge in [-0.25, -0.2) is 9.07 Å². The summed E-state index contributed by atoms with van der Waals surface area (Å²) in [5.41, 5.74) is 1.19. The normalized spacial score (nSPS) is 10.4. The van der Waals surface area contributed by atoms with E-state index in [0.717, 1.165) is 5.56 Å². The van der Waals surface area contributed by atoms with E-state index in [9.17, 15) is 4.39 Å². The standard InChI is InChI=1S/C9H9FN4/c1-7-9(10)4-8(5-11-7)6-14-3-2-12-13-14/h2-5H,6H2,1H3. The molecule has 0 saturated carbocycles. The minimum atomic E-state index is -0.289. The van der Waals surface area contributed by atoms with Crippen LogP contribution in [0, 0.1) is 12.7 Å². The van der Waals surface area contributed by atoms with E-state index >= 15 is 0 Å². The number of halogens is 1. The largest absolute Gasteiger partial charge is 0.258 e. The molecule has 4 nitrogen and oxygen atoms in total. The molecule has 14 heavy (non-hydrogen) atoms. The molecule has 0 saturated heterocycles. The molecule has 0 aromatic carbocycles. The number of rotatable bonds is 2. The third-order valence-electron chi connectivity index (χ3n) is 1.90. The monoisotopic (exact) mass is 192 g/mol. The summed E-state index contributed by atoms with van der Waals surface area (Å²) < 4.78 is 14.7. The Balaban J connectivity index is 2.22. The third-order valence-corrected chi connectivity index (χ3v) is 1.90. The summed E-state index contributed by atoms with van der Waals surface area (Å²) >= 11 is 0. The Morgan fingerprint density at radius 1 is 1.50 bits per heavy atom. The topological polar surface area (TPSA) is 43.6 Å². The van der Waals surface area contributed by atoms with Crippen molar-refractivity contribution in [2.45, 2.75) is 13.5 Å². The second-order valence-electron chi connectivity index (χ2n) is 3.01. The molecule has 0 fully saturated rings. The van der Waals surface area contributed by atoms with Crippen LogP contribution in [0.15, 0.2) is 24.7 Å². The Bertz CT molecular complexity index is 424. The summed E-state index contributed by atoms with van der Waals surface area (Å²) in [5.74, 6) is -0.289. The molecule has 2 aromatic heterocycles. The van der Waals surface area contributed by atoms with Crippen molar-refractivity contribution >= 4 is 0 Å². The molecule has 0 N–H and O–H groups in total. The number of nitrogens with zero attached hydrogens (tertiary/aromatic N) is 4. The van der Waals surface area contributed by atoms with Crippen LogP contribution in [0.2, 0.25) is 0 Å². The third kappa shape index (κ3) is 1.76. The second kappa shape index (κ2) is 3.53. The van der Waals surface area contributed by atoms with Crippen molar-refractivity contribution < 1.29 is 4.39 Å². The fraction of sp³-hybridized carbons (Fsp3) is 0.222. The first-order chi connectivity index (χ1) is 6.75. The molecule has 0 amide bonds. The van der Waals surface area contributed by atoms with E-state index in [4.69, 9.17) is 0 Å². The molecule has 0 spiro atoms. The zero-order chi connectivity index (χ0) is 9.97. The van der Waals surface area contributed by atoms with Gasteiger partial charge in [0.25, 0.3) is 0 Å². The van der Waals surface area contributed by atoms with Crippen molar-refractivity contribution in [3.63, 3.8) is 0 Å². The van der Waals surface area contributed by atoms with Gasteiger partial charge in [-0.2, -0.15) is 0 Å². The van der Waals surface area contributed by atoms with Crippen LogP contribution in [0.5, 0.6) is 0 Å². The Hall–Kier alpha value is -1.78. The van der Waals surface area contributed by atoms with Gasteiger partial charge < -0.3 is 0 Å². The van der Waals surface area contributed by atoms with Gasteiger partial charge in [0.2, 0.25) is 0 Å². The molecule has 2 rings (SSSR count). The van der Waals surface area contributed by atoms with Crippen LogP contribution in [0.1, 0.15) is 11.3 Å². The number of hydrogen-bond acceptors (Lipinski definition) is 3. The predicted molar refractivity (Wildman–Crippen MR) is 48.1 cm³/mol. The van der Waals surface area contributed by atoms with Crippen LogP contribution in [-0.4, -0.2) is 20.0 Å². The minimum Gasteiger partial charge on any atom is -0.258 e. The number of aromatic nitrogens is 4. The van der Waals surface area contributed by atoms with Gasteiger partial charge in [0, 0.05) is 12.4 Å². The number of aryl methyl sites for hydroxylation is 1. The molecule has 2 heterocycles. The van der Waals surface area contributed by atoms with Crippen molar-refractivity contribution in [3.05, 3.63) is 41.7 Å². The van der Waals surface area contributed by atoms with Crippen molar-refractivity contribution in [2.24, 2.45) is 0 Å². The van der Waals surface area contributed by atoms with Crippen molar-refractivity contribution in [1.29, 1.82) is 0 Å². The van der Waals surface area contributed by atoms with E-state index in [-0.39, 0.29) is 5.82 Å². The van der Waals surface area contributed by atoms with Gasteiger partial charge in [-0.05, 0) is 18.6 Å². The average molecular weight is 192 g/mol. The van der Waals surface area contributed by atoms with Crippen LogP contribution in [0.3, 0.4) is 0 Å². The molecule has 0 aliphatic carbocycles. The van der Waals surface area contributed by atoms with Gasteiger partial charge in [0.1, 0.15) is 5.82 Å². The Labute approximate surface area is 80.4 Å². The zero-order valence-electron chi connectivity index (χ0n) is 7.68. The highest BCUT2D eigenvalue weighted by Crippen LogP contribution is 2.06. The maximum Gasteiger partial charge on any atom is 0.144 e. The van der Waals surface area contributed by atoms with E-state index in [1.165, 1.54) is 6.07 Å². The van der Waals surface area contributed by atoms with E-state index in [0.29, 0.717) is 12.2 Å². The van der Waals surface area contributed by atoms with Gasteiger partial charge in [0.05, 0.1) is 18.4 Å². The highest BCUT2D eigenvalue weighted by atomic mass is 19.1. The predicted octanol–water partition coefficient (Wildman–Crippen LogP) is 1.17. The molecule has 0 aliphatic heterocycles. The average Bonchev–Trinajstić information content (AvgIpc) is 2.64. The minimum absolute atomic E-state index is 0.289. The van der Waals surface area contributed by atoms with Crippen molar-refractivity contribution in [1.82, 2.24) is 20.0 Å². The van der Waals surface area contributed by atoms with Gasteiger partial charge in [-0.15, -0.1) is 5.10 Å². The van der Waals surface area contributed by atoms with Gasteiger partial charge in [-0.3, -0.25) is 4.98 Å². The van der Waals surface area contributed by atoms with Gasteiger partial charge in [-0.1, -0.05) is 5.21 Å². The van der Waals surface area contributed by atoms with Crippen molar-refractivity contribution in [3.8, 4) is 0 Å². The molecule has 5 heteroatoms. The smallest absolute Gasteiger partial charge is 0.144 e. The van der Waals surface area contributed by atoms with E-state index in [1.807, 2.05) is 0 Å². The second-order valence-corrected chi connectivity index (χ2v) is 3.01. The van der Waals surface area contributed by atoms with E-state index in [2.05, 4.69) is 15.3 Å². The van der Waals surface area contributed by atoms with Crippen LogP contribution in [-0.2, 0) is 6.54 Å². The SMILES string of the molecule is Cc1ncc(Cn2ccnn2)cc1F. The van der Waals surface area contributed by atoms with Crippen LogP contribution >= 0.6 is 0 Å². The van der Waals surface area contributed by atoms with Crippen LogP contribution < -0.4 is 0 Å². The maximum atomic E-state index is 13.1. The first kappa shape index (κ1) is 8.80. The molecular formula is C9H9FN4. The summed E-state index contributed by atoms with van der Waals surface area (Å²) in [5, 5.41) is 7.44. The summed E-state index contributed by atoms with van der Waals surface area (Å²) in [6, 6.07) is 1.46. The highest BCUT2D eigenvalue weighted by molar-refractivity contribution is 5.15. The Kier molecular flexibility index (Phi) is 2.22. The summed E-state index contributed by atoms with van der Waals surface area (Å²) in [4.78, 5) is 3.92. The van der Waals surface area contributed by atoms with E-state index < -0.39 is 0 Å². The lowest BCUT2D eigenvalue weighted by Gasteiger charge is -2.01. The summed E-state index contributed by atoms with van der Waals surface area (Å²) in [6.45, 7) is 2.12. The van der Waals surface area contributed by atoms with E-state index in [1.54, 1.807) is 30.2 Å². The molecule has 0 radical (unpaired) electrons. The summed E-state index contributed by atoms with van der Waals surface area (Å²) in [6.07, 6.45) is 4.94. The molecule has 0 aliphatic rings. The fourth-order valence-corrected chi connectivity index (χ4v) is 1.14.